The van der Waals surface area contributed by atoms with E-state index in [0.717, 1.165) is 46.2 Å². The number of nitrogens with zero attached hydrogens (tertiary/aromatic N) is 3. The maximum absolute atomic E-state index is 13.3. The number of aromatic nitrogens is 1. The average Bonchev–Trinajstić information content (AvgIpc) is 3.42. The van der Waals surface area contributed by atoms with Gasteiger partial charge in [0, 0.05) is 17.2 Å². The number of nitrogens with two attached hydrogens (primary N) is 1. The SMILES string of the molecule is Nc1nc(/C(=N/OCc2ccc(O)c(O)c2)C(=O)N[C@@H]2C(=O)N3C(C(=O)O)=C(CS(=O)(=O)c4ccc(O)c(O)c4)CS[C@H]23)cs1. The van der Waals surface area contributed by atoms with E-state index in [-0.39, 0.29) is 45.1 Å². The van der Waals surface area contributed by atoms with Crippen molar-refractivity contribution < 1.29 is 53.2 Å². The number of thiazole rings is 1. The third-order valence-electron chi connectivity index (χ3n) is 6.61. The van der Waals surface area contributed by atoms with Gasteiger partial charge in [0.15, 0.2) is 43.7 Å². The van der Waals surface area contributed by atoms with Crippen molar-refractivity contribution in [2.45, 2.75) is 22.9 Å². The third kappa shape index (κ3) is 6.30. The highest BCUT2D eigenvalue weighted by molar-refractivity contribution is 8.00. The number of carbonyl (C=O) groups is 3. The lowest BCUT2D eigenvalue weighted by Gasteiger charge is -2.49. The number of benzene rings is 2. The lowest BCUT2D eigenvalue weighted by Crippen LogP contribution is -2.71. The fourth-order valence-corrected chi connectivity index (χ4v) is 7.90. The van der Waals surface area contributed by atoms with Crippen LogP contribution >= 0.6 is 23.1 Å². The van der Waals surface area contributed by atoms with Crippen molar-refractivity contribution in [1.82, 2.24) is 15.2 Å². The fraction of sp³-hybridized carbons (Fsp3) is 0.192. The van der Waals surface area contributed by atoms with Crippen LogP contribution < -0.4 is 11.1 Å². The van der Waals surface area contributed by atoms with Crippen LogP contribution in [0.25, 0.3) is 0 Å². The summed E-state index contributed by atoms with van der Waals surface area (Å²) in [5, 5.41) is 55.3. The number of nitrogen functional groups attached to an aromatic ring is 1. The summed E-state index contributed by atoms with van der Waals surface area (Å²) in [5.41, 5.74) is 5.17. The molecule has 1 fully saturated rings. The Morgan fingerprint density at radius 2 is 1.78 bits per heavy atom. The van der Waals surface area contributed by atoms with Crippen LogP contribution in [0.15, 0.2) is 63.1 Å². The molecule has 0 saturated carbocycles. The van der Waals surface area contributed by atoms with E-state index in [1.807, 2.05) is 0 Å². The van der Waals surface area contributed by atoms with Gasteiger partial charge in [-0.2, -0.15) is 0 Å². The summed E-state index contributed by atoms with van der Waals surface area (Å²) in [6, 6.07) is 5.58. The Bertz CT molecular complexity index is 1890. The molecule has 3 heterocycles. The number of hydrogen-bond acceptors (Lipinski definition) is 15. The van der Waals surface area contributed by atoms with E-state index in [2.05, 4.69) is 15.5 Å². The van der Waals surface area contributed by atoms with E-state index < -0.39 is 67.7 Å². The molecule has 1 saturated heterocycles. The number of nitrogens with one attached hydrogen (secondary N) is 1. The van der Waals surface area contributed by atoms with Crippen LogP contribution in [-0.2, 0) is 35.7 Å². The van der Waals surface area contributed by atoms with Gasteiger partial charge in [0.05, 0.1) is 10.6 Å². The molecule has 16 nitrogen and oxygen atoms in total. The molecule has 0 bridgehead atoms. The highest BCUT2D eigenvalue weighted by atomic mass is 32.2. The number of β-lactam (4-membered cyclic amide) rings is 1. The number of aliphatic carboxylic acids is 1. The molecule has 3 aromatic rings. The van der Waals surface area contributed by atoms with Crippen molar-refractivity contribution in [2.75, 3.05) is 17.2 Å². The zero-order valence-corrected chi connectivity index (χ0v) is 25.1. The molecule has 2 aliphatic rings. The van der Waals surface area contributed by atoms with Gasteiger partial charge in [0.25, 0.3) is 11.8 Å². The highest BCUT2D eigenvalue weighted by Crippen LogP contribution is 2.41. The molecular formula is C26H23N5O11S3. The second-order valence-corrected chi connectivity index (χ2v) is 13.6. The number of carboxylic acids is 1. The van der Waals surface area contributed by atoms with E-state index in [0.29, 0.717) is 5.56 Å². The molecule has 236 valence electrons. The van der Waals surface area contributed by atoms with Crippen LogP contribution in [-0.4, -0.2) is 90.3 Å². The summed E-state index contributed by atoms with van der Waals surface area (Å²) in [7, 11) is -4.19. The maximum Gasteiger partial charge on any atom is 0.352 e. The van der Waals surface area contributed by atoms with E-state index in [1.54, 1.807) is 0 Å². The maximum atomic E-state index is 13.3. The number of hydrogen-bond donors (Lipinski definition) is 7. The van der Waals surface area contributed by atoms with Gasteiger partial charge in [0.2, 0.25) is 0 Å². The molecule has 5 rings (SSSR count). The number of carbonyl (C=O) groups excluding carboxylic acids is 2. The van der Waals surface area contributed by atoms with E-state index in [4.69, 9.17) is 10.6 Å². The molecule has 2 atom stereocenters. The highest BCUT2D eigenvalue weighted by Gasteiger charge is 2.54. The first-order valence-electron chi connectivity index (χ1n) is 12.6. The molecule has 0 unspecified atom stereocenters. The standard InChI is InChI=1S/C26H23N5O11S3/c27-26-28-14(9-44-26)19(30-42-7-11-1-3-15(32)17(34)5-11)22(36)29-20-23(37)31-21(25(38)39)12(8-43-24(20)31)10-45(40,41)13-2-4-16(33)18(35)6-13/h1-6,9,20,24,32-35H,7-8,10H2,(H2,27,28)(H,29,36)(H,38,39)/b30-19-/t20-,24-/m1/s1. The second kappa shape index (κ2) is 12.2. The van der Waals surface area contributed by atoms with Crippen molar-refractivity contribution >= 4 is 61.6 Å². The summed E-state index contributed by atoms with van der Waals surface area (Å²) in [4.78, 5) is 48.5. The Morgan fingerprint density at radius 1 is 1.09 bits per heavy atom. The lowest BCUT2D eigenvalue weighted by atomic mass is 10.0. The van der Waals surface area contributed by atoms with Crippen LogP contribution in [0.5, 0.6) is 23.0 Å². The smallest absolute Gasteiger partial charge is 0.352 e. The van der Waals surface area contributed by atoms with E-state index >= 15 is 0 Å². The number of thioether (sulfide) groups is 1. The quantitative estimate of drug-likeness (QED) is 0.0674. The predicted octanol–water partition coefficient (Wildman–Crippen LogP) is 0.681. The third-order valence-corrected chi connectivity index (χ3v) is 10.3. The second-order valence-electron chi connectivity index (χ2n) is 9.64. The molecule has 45 heavy (non-hydrogen) atoms. The van der Waals surface area contributed by atoms with Gasteiger partial charge in [-0.05, 0) is 35.4 Å². The van der Waals surface area contributed by atoms with Crippen LogP contribution in [0, 0.1) is 0 Å². The first-order chi connectivity index (χ1) is 21.3. The Labute approximate surface area is 262 Å². The normalized spacial score (nSPS) is 18.3. The largest absolute Gasteiger partial charge is 0.504 e. The number of carboxylic acid groups (broad SMARTS) is 1. The molecule has 8 N–H and O–H groups in total. The number of aromatic hydroxyl groups is 4. The number of amides is 2. The minimum atomic E-state index is -4.19. The van der Waals surface area contributed by atoms with Crippen molar-refractivity contribution in [2.24, 2.45) is 5.16 Å². The topological polar surface area (TPSA) is 262 Å². The van der Waals surface area contributed by atoms with Gasteiger partial charge < -0.3 is 41.4 Å². The zero-order valence-electron chi connectivity index (χ0n) is 22.6. The number of phenolic OH excluding ortho intramolecular Hbond substituents is 4. The fourth-order valence-electron chi connectivity index (χ4n) is 4.44. The van der Waals surface area contributed by atoms with E-state index in [9.17, 15) is 48.3 Å². The summed E-state index contributed by atoms with van der Waals surface area (Å²) in [6.07, 6.45) is 0. The van der Waals surface area contributed by atoms with Crippen LogP contribution in [0.2, 0.25) is 0 Å². The molecule has 2 amide bonds. The van der Waals surface area contributed by atoms with Crippen molar-refractivity contribution in [3.8, 4) is 23.0 Å². The van der Waals surface area contributed by atoms with Gasteiger partial charge in [-0.15, -0.1) is 23.1 Å². The number of sulfone groups is 1. The number of phenols is 4. The van der Waals surface area contributed by atoms with Gasteiger partial charge in [0.1, 0.15) is 29.4 Å². The van der Waals surface area contributed by atoms with Crippen molar-refractivity contribution in [3.05, 3.63) is 64.3 Å². The lowest BCUT2D eigenvalue weighted by molar-refractivity contribution is -0.150. The summed E-state index contributed by atoms with van der Waals surface area (Å²) < 4.78 is 26.0. The van der Waals surface area contributed by atoms with Gasteiger partial charge in [-0.25, -0.2) is 18.2 Å². The Balaban J connectivity index is 1.34. The first-order valence-corrected chi connectivity index (χ1v) is 16.2. The molecule has 1 aromatic heterocycles. The van der Waals surface area contributed by atoms with Gasteiger partial charge in [-0.3, -0.25) is 14.5 Å². The molecule has 0 spiro atoms. The number of fused-ring (bicyclic) bond motifs is 1. The first kappa shape index (κ1) is 31.4. The van der Waals surface area contributed by atoms with Crippen molar-refractivity contribution in [1.29, 1.82) is 0 Å². The number of rotatable bonds is 10. The summed E-state index contributed by atoms with van der Waals surface area (Å²) in [5.74, 6) is -6.09. The summed E-state index contributed by atoms with van der Waals surface area (Å²) >= 11 is 2.05. The number of anilines is 1. The Morgan fingerprint density at radius 3 is 2.40 bits per heavy atom. The molecular weight excluding hydrogens is 655 g/mol. The molecule has 0 aliphatic carbocycles. The zero-order chi connectivity index (χ0) is 32.6. The Kier molecular flexibility index (Phi) is 8.50. The average molecular weight is 678 g/mol. The monoisotopic (exact) mass is 677 g/mol. The van der Waals surface area contributed by atoms with Crippen molar-refractivity contribution in [3.63, 3.8) is 0 Å². The van der Waals surface area contributed by atoms with Gasteiger partial charge in [-0.1, -0.05) is 11.2 Å². The van der Waals surface area contributed by atoms with Crippen LogP contribution in [0.3, 0.4) is 0 Å². The minimum Gasteiger partial charge on any atom is -0.504 e. The van der Waals surface area contributed by atoms with E-state index in [1.165, 1.54) is 23.6 Å². The van der Waals surface area contributed by atoms with Gasteiger partial charge >= 0.3 is 5.97 Å². The molecule has 2 aliphatic heterocycles. The number of oxime groups is 1. The van der Waals surface area contributed by atoms with Crippen LogP contribution in [0.1, 0.15) is 11.3 Å². The molecule has 19 heteroatoms. The molecule has 2 aromatic carbocycles. The minimum absolute atomic E-state index is 0.0300. The van der Waals surface area contributed by atoms with Crippen LogP contribution in [0.4, 0.5) is 5.13 Å². The summed E-state index contributed by atoms with van der Waals surface area (Å²) in [6.45, 7) is -0.221. The predicted molar refractivity (Wildman–Crippen MR) is 159 cm³/mol. The molecule has 0 radical (unpaired) electrons. The Hall–Kier alpha value is -5.01.